The summed E-state index contributed by atoms with van der Waals surface area (Å²) in [6.07, 6.45) is 0. The van der Waals surface area contributed by atoms with Crippen LogP contribution in [0.1, 0.15) is 0 Å². The highest BCUT2D eigenvalue weighted by atomic mass is 32.1. The molecule has 0 radical (unpaired) electrons. The van der Waals surface area contributed by atoms with E-state index in [0.29, 0.717) is 0 Å². The Balaban J connectivity index is 1.22. The van der Waals surface area contributed by atoms with Crippen LogP contribution in [0.2, 0.25) is 0 Å². The van der Waals surface area contributed by atoms with Gasteiger partial charge in [0.25, 0.3) is 0 Å². The van der Waals surface area contributed by atoms with Crippen LogP contribution < -0.4 is 4.90 Å². The number of rotatable bonds is 6. The van der Waals surface area contributed by atoms with Gasteiger partial charge in [-0.05, 0) is 86.6 Å². The molecule has 0 amide bonds. The van der Waals surface area contributed by atoms with Crippen LogP contribution in [0, 0.1) is 0 Å². The quantitative estimate of drug-likeness (QED) is 0.177. The molecule has 0 spiro atoms. The van der Waals surface area contributed by atoms with Crippen molar-refractivity contribution < 1.29 is 0 Å². The van der Waals surface area contributed by atoms with E-state index >= 15 is 0 Å². The van der Waals surface area contributed by atoms with Crippen molar-refractivity contribution in [2.24, 2.45) is 0 Å². The zero-order chi connectivity index (χ0) is 31.9. The van der Waals surface area contributed by atoms with Gasteiger partial charge in [0, 0.05) is 31.5 Å². The van der Waals surface area contributed by atoms with Gasteiger partial charge < -0.3 is 4.90 Å². The molecule has 0 aliphatic carbocycles. The average molecular weight is 630 g/mol. The van der Waals surface area contributed by atoms with Gasteiger partial charge in [0.05, 0.1) is 5.69 Å². The third-order valence-corrected chi connectivity index (χ3v) is 10.4. The van der Waals surface area contributed by atoms with E-state index in [9.17, 15) is 0 Å². The van der Waals surface area contributed by atoms with Crippen molar-refractivity contribution in [3.63, 3.8) is 0 Å². The van der Waals surface area contributed by atoms with Gasteiger partial charge in [-0.1, -0.05) is 146 Å². The molecule has 0 saturated carbocycles. The van der Waals surface area contributed by atoms with Crippen LogP contribution in [0.4, 0.5) is 17.1 Å². The molecular weight excluding hydrogens is 599 g/mol. The first-order chi connectivity index (χ1) is 23.8. The summed E-state index contributed by atoms with van der Waals surface area (Å²) in [7, 11) is 0. The van der Waals surface area contributed by atoms with Crippen LogP contribution in [-0.4, -0.2) is 0 Å². The summed E-state index contributed by atoms with van der Waals surface area (Å²) in [6, 6.07) is 68.1. The van der Waals surface area contributed by atoms with Crippen molar-refractivity contribution in [2.45, 2.75) is 0 Å². The SMILES string of the molecule is c1ccc(-c2ccc(N(c3ccc(-c4c(-c5ccccc5)ccc5ccccc45)cc3)c3cccc4sc5ccccc5c34)cc2)cc1. The second-order valence-electron chi connectivity index (χ2n) is 12.1. The Bertz CT molecular complexity index is 2530. The Morgan fingerprint density at radius 1 is 0.354 bits per heavy atom. The maximum absolute atomic E-state index is 2.42. The molecule has 9 aromatic rings. The van der Waals surface area contributed by atoms with E-state index in [1.54, 1.807) is 0 Å². The summed E-state index contributed by atoms with van der Waals surface area (Å²) < 4.78 is 2.60. The van der Waals surface area contributed by atoms with Gasteiger partial charge in [-0.3, -0.25) is 0 Å². The Kier molecular flexibility index (Phi) is 7.07. The summed E-state index contributed by atoms with van der Waals surface area (Å²) in [5.74, 6) is 0. The summed E-state index contributed by atoms with van der Waals surface area (Å²) in [4.78, 5) is 2.42. The Morgan fingerprint density at radius 3 is 1.65 bits per heavy atom. The smallest absolute Gasteiger partial charge is 0.0554 e. The number of hydrogen-bond donors (Lipinski definition) is 0. The molecule has 1 aromatic heterocycles. The van der Waals surface area contributed by atoms with Crippen molar-refractivity contribution >= 4 is 59.3 Å². The highest BCUT2D eigenvalue weighted by Crippen LogP contribution is 2.46. The topological polar surface area (TPSA) is 3.24 Å². The molecule has 1 heterocycles. The van der Waals surface area contributed by atoms with Crippen molar-refractivity contribution in [1.29, 1.82) is 0 Å². The number of nitrogens with zero attached hydrogens (tertiary/aromatic N) is 1. The van der Waals surface area contributed by atoms with Crippen molar-refractivity contribution in [1.82, 2.24) is 0 Å². The van der Waals surface area contributed by atoms with Crippen molar-refractivity contribution in [2.75, 3.05) is 4.90 Å². The first kappa shape index (κ1) is 28.3. The normalized spacial score (nSPS) is 11.3. The molecule has 0 fully saturated rings. The first-order valence-electron chi connectivity index (χ1n) is 16.4. The first-order valence-corrected chi connectivity index (χ1v) is 17.2. The molecule has 8 aromatic carbocycles. The fourth-order valence-electron chi connectivity index (χ4n) is 7.02. The predicted octanol–water partition coefficient (Wildman–Crippen LogP) is 13.7. The van der Waals surface area contributed by atoms with Gasteiger partial charge in [-0.15, -0.1) is 11.3 Å². The number of anilines is 3. The fourth-order valence-corrected chi connectivity index (χ4v) is 8.15. The van der Waals surface area contributed by atoms with Crippen molar-refractivity contribution in [3.8, 4) is 33.4 Å². The largest absolute Gasteiger partial charge is 0.310 e. The minimum Gasteiger partial charge on any atom is -0.310 e. The van der Waals surface area contributed by atoms with Crippen LogP contribution in [0.5, 0.6) is 0 Å². The lowest BCUT2D eigenvalue weighted by molar-refractivity contribution is 1.30. The predicted molar refractivity (Wildman–Crippen MR) is 208 cm³/mol. The number of fused-ring (bicyclic) bond motifs is 4. The molecule has 0 N–H and O–H groups in total. The van der Waals surface area contributed by atoms with Crippen LogP contribution in [-0.2, 0) is 0 Å². The minimum absolute atomic E-state index is 1.12. The highest BCUT2D eigenvalue weighted by molar-refractivity contribution is 7.26. The van der Waals surface area contributed by atoms with E-state index in [4.69, 9.17) is 0 Å². The van der Waals surface area contributed by atoms with E-state index in [0.717, 1.165) is 11.4 Å². The zero-order valence-electron chi connectivity index (χ0n) is 26.3. The van der Waals surface area contributed by atoms with Crippen LogP contribution >= 0.6 is 11.3 Å². The number of benzene rings is 8. The van der Waals surface area contributed by atoms with Crippen LogP contribution in [0.3, 0.4) is 0 Å². The summed E-state index contributed by atoms with van der Waals surface area (Å²) in [5, 5.41) is 5.08. The maximum Gasteiger partial charge on any atom is 0.0554 e. The monoisotopic (exact) mass is 629 g/mol. The average Bonchev–Trinajstić information content (AvgIpc) is 3.55. The Labute approximate surface area is 284 Å². The maximum atomic E-state index is 2.42. The molecule has 0 atom stereocenters. The molecule has 226 valence electrons. The molecule has 1 nitrogen and oxygen atoms in total. The third kappa shape index (κ3) is 4.95. The molecule has 2 heteroatoms. The van der Waals surface area contributed by atoms with Gasteiger partial charge in [-0.2, -0.15) is 0 Å². The molecular formula is C46H31NS. The zero-order valence-corrected chi connectivity index (χ0v) is 27.1. The molecule has 0 bridgehead atoms. The second-order valence-corrected chi connectivity index (χ2v) is 13.2. The van der Waals surface area contributed by atoms with Gasteiger partial charge >= 0.3 is 0 Å². The van der Waals surface area contributed by atoms with E-state index in [-0.39, 0.29) is 0 Å². The summed E-state index contributed by atoms with van der Waals surface area (Å²) in [5.41, 5.74) is 10.8. The van der Waals surface area contributed by atoms with Crippen LogP contribution in [0.15, 0.2) is 188 Å². The highest BCUT2D eigenvalue weighted by Gasteiger charge is 2.19. The Hall–Kier alpha value is -5.96. The molecule has 48 heavy (non-hydrogen) atoms. The van der Waals surface area contributed by atoms with Crippen LogP contribution in [0.25, 0.3) is 64.3 Å². The number of hydrogen-bond acceptors (Lipinski definition) is 2. The lowest BCUT2D eigenvalue weighted by Gasteiger charge is -2.27. The van der Waals surface area contributed by atoms with Gasteiger partial charge in [-0.25, -0.2) is 0 Å². The second kappa shape index (κ2) is 12.0. The van der Waals surface area contributed by atoms with E-state index < -0.39 is 0 Å². The molecule has 0 aliphatic heterocycles. The standard InChI is InChI=1S/C46H31NS/c1-3-12-32(13-4-1)33-22-27-37(28-23-33)47(42-19-11-21-44-46(42)41-18-9-10-20-43(41)48-44)38-29-24-36(25-30-38)45-39-17-8-7-16-35(39)26-31-40(45)34-14-5-2-6-15-34/h1-31H. The van der Waals surface area contributed by atoms with E-state index in [2.05, 4.69) is 193 Å². The molecule has 0 unspecified atom stereocenters. The van der Waals surface area contributed by atoms with Gasteiger partial charge in [0.2, 0.25) is 0 Å². The summed E-state index contributed by atoms with van der Waals surface area (Å²) >= 11 is 1.86. The molecule has 9 rings (SSSR count). The third-order valence-electron chi connectivity index (χ3n) is 9.28. The lowest BCUT2D eigenvalue weighted by atomic mass is 9.89. The van der Waals surface area contributed by atoms with Crippen molar-refractivity contribution in [3.05, 3.63) is 188 Å². The lowest BCUT2D eigenvalue weighted by Crippen LogP contribution is -2.10. The molecule has 0 saturated heterocycles. The van der Waals surface area contributed by atoms with E-state index in [1.165, 1.54) is 70.0 Å². The number of thiophene rings is 1. The fraction of sp³-hybridized carbons (Fsp3) is 0. The van der Waals surface area contributed by atoms with Gasteiger partial charge in [0.1, 0.15) is 0 Å². The Morgan fingerprint density at radius 2 is 0.917 bits per heavy atom. The summed E-state index contributed by atoms with van der Waals surface area (Å²) in [6.45, 7) is 0. The van der Waals surface area contributed by atoms with Gasteiger partial charge in [0.15, 0.2) is 0 Å². The van der Waals surface area contributed by atoms with E-state index in [1.807, 2.05) is 11.3 Å². The minimum atomic E-state index is 1.12. The molecule has 0 aliphatic rings.